The molecule has 0 fully saturated rings. The van der Waals surface area contributed by atoms with E-state index in [1.54, 1.807) is 0 Å². The number of benzene rings is 1. The fourth-order valence-electron chi connectivity index (χ4n) is 1.61. The molecule has 0 aliphatic carbocycles. The van der Waals surface area contributed by atoms with Crippen molar-refractivity contribution in [3.8, 4) is 0 Å². The first kappa shape index (κ1) is 11.8. The molecule has 0 saturated heterocycles. The van der Waals surface area contributed by atoms with Crippen LogP contribution in [0, 0.1) is 18.3 Å². The van der Waals surface area contributed by atoms with Crippen LogP contribution >= 0.6 is 0 Å². The van der Waals surface area contributed by atoms with Crippen LogP contribution in [0.5, 0.6) is 0 Å². The van der Waals surface area contributed by atoms with Crippen LogP contribution in [0.1, 0.15) is 25.0 Å². The Hall–Kier alpha value is -1.31. The van der Waals surface area contributed by atoms with Crippen molar-refractivity contribution in [2.24, 2.45) is 5.92 Å². The van der Waals surface area contributed by atoms with Gasteiger partial charge in [0.15, 0.2) is 0 Å². The van der Waals surface area contributed by atoms with Crippen molar-refractivity contribution in [3.63, 3.8) is 0 Å². The molecule has 0 heterocycles. The average Bonchev–Trinajstić information content (AvgIpc) is 2.16. The SMILES string of the molecule is Cc1cccc(CN(C)C(=N)C(C)C)c1. The molecule has 1 N–H and O–H groups in total. The molecule has 0 bridgehead atoms. The molecule has 2 heteroatoms. The van der Waals surface area contributed by atoms with Crippen molar-refractivity contribution >= 4 is 5.84 Å². The zero-order valence-electron chi connectivity index (χ0n) is 10.0. The molecule has 0 spiro atoms. The molecule has 1 aromatic carbocycles. The Kier molecular flexibility index (Phi) is 3.89. The Morgan fingerprint density at radius 2 is 2.07 bits per heavy atom. The summed E-state index contributed by atoms with van der Waals surface area (Å²) in [6.07, 6.45) is 0. The molecule has 0 saturated carbocycles. The summed E-state index contributed by atoms with van der Waals surface area (Å²) in [6.45, 7) is 7.01. The van der Waals surface area contributed by atoms with E-state index in [1.807, 2.05) is 11.9 Å². The minimum absolute atomic E-state index is 0.291. The average molecular weight is 204 g/mol. The van der Waals surface area contributed by atoms with Gasteiger partial charge in [-0.2, -0.15) is 0 Å². The van der Waals surface area contributed by atoms with E-state index in [1.165, 1.54) is 11.1 Å². The van der Waals surface area contributed by atoms with Gasteiger partial charge in [0.2, 0.25) is 0 Å². The lowest BCUT2D eigenvalue weighted by atomic mass is 10.1. The van der Waals surface area contributed by atoms with Crippen molar-refractivity contribution in [2.45, 2.75) is 27.3 Å². The fraction of sp³-hybridized carbons (Fsp3) is 0.462. The van der Waals surface area contributed by atoms with Crippen molar-refractivity contribution in [1.29, 1.82) is 5.41 Å². The van der Waals surface area contributed by atoms with Gasteiger partial charge < -0.3 is 4.90 Å². The number of nitrogens with zero attached hydrogens (tertiary/aromatic N) is 1. The number of aryl methyl sites for hydroxylation is 1. The number of amidine groups is 1. The molecule has 0 aliphatic rings. The smallest absolute Gasteiger partial charge is 0.0984 e. The topological polar surface area (TPSA) is 27.1 Å². The van der Waals surface area contributed by atoms with Gasteiger partial charge in [-0.25, -0.2) is 0 Å². The number of rotatable bonds is 3. The van der Waals surface area contributed by atoms with E-state index in [0.717, 1.165) is 6.54 Å². The van der Waals surface area contributed by atoms with Gasteiger partial charge in [-0.1, -0.05) is 43.7 Å². The maximum Gasteiger partial charge on any atom is 0.0984 e. The predicted molar refractivity (Wildman–Crippen MR) is 65.2 cm³/mol. The Bertz CT molecular complexity index is 342. The highest BCUT2D eigenvalue weighted by atomic mass is 15.1. The summed E-state index contributed by atoms with van der Waals surface area (Å²) in [5.74, 6) is 0.983. The highest BCUT2D eigenvalue weighted by Gasteiger charge is 2.08. The summed E-state index contributed by atoms with van der Waals surface area (Å²) < 4.78 is 0. The van der Waals surface area contributed by atoms with Gasteiger partial charge in [-0.05, 0) is 12.5 Å². The monoisotopic (exact) mass is 204 g/mol. The molecule has 0 atom stereocenters. The highest BCUT2D eigenvalue weighted by molar-refractivity contribution is 5.80. The molecule has 2 nitrogen and oxygen atoms in total. The van der Waals surface area contributed by atoms with E-state index >= 15 is 0 Å². The standard InChI is InChI=1S/C13H20N2/c1-10(2)13(14)15(4)9-12-7-5-6-11(3)8-12/h5-8,10,14H,9H2,1-4H3. The molecule has 0 aliphatic heterocycles. The number of nitrogens with one attached hydrogen (secondary N) is 1. The van der Waals surface area contributed by atoms with E-state index in [2.05, 4.69) is 45.0 Å². The second-order valence-corrected chi connectivity index (χ2v) is 4.39. The molecule has 0 unspecified atom stereocenters. The minimum atomic E-state index is 0.291. The zero-order valence-corrected chi connectivity index (χ0v) is 10.0. The van der Waals surface area contributed by atoms with Gasteiger partial charge in [-0.15, -0.1) is 0 Å². The molecule has 82 valence electrons. The lowest BCUT2D eigenvalue weighted by Gasteiger charge is -2.22. The van der Waals surface area contributed by atoms with E-state index in [4.69, 9.17) is 5.41 Å². The first-order chi connectivity index (χ1) is 7.00. The third-order valence-electron chi connectivity index (χ3n) is 2.46. The molecular formula is C13H20N2. The normalized spacial score (nSPS) is 10.5. The first-order valence-electron chi connectivity index (χ1n) is 5.36. The summed E-state index contributed by atoms with van der Waals surface area (Å²) >= 11 is 0. The minimum Gasteiger partial charge on any atom is -0.359 e. The molecule has 0 amide bonds. The van der Waals surface area contributed by atoms with Crippen LogP contribution in [-0.4, -0.2) is 17.8 Å². The first-order valence-corrected chi connectivity index (χ1v) is 5.36. The van der Waals surface area contributed by atoms with E-state index in [0.29, 0.717) is 11.8 Å². The summed E-state index contributed by atoms with van der Waals surface area (Å²) in [6, 6.07) is 8.44. The summed E-state index contributed by atoms with van der Waals surface area (Å²) in [5, 5.41) is 7.88. The molecule has 15 heavy (non-hydrogen) atoms. The van der Waals surface area contributed by atoms with Crippen LogP contribution in [0.2, 0.25) is 0 Å². The number of hydrogen-bond acceptors (Lipinski definition) is 1. The lowest BCUT2D eigenvalue weighted by Crippen LogP contribution is -2.29. The van der Waals surface area contributed by atoms with E-state index < -0.39 is 0 Å². The molecule has 1 aromatic rings. The molecular weight excluding hydrogens is 184 g/mol. The van der Waals surface area contributed by atoms with Crippen molar-refractivity contribution in [1.82, 2.24) is 4.90 Å². The van der Waals surface area contributed by atoms with Gasteiger partial charge in [-0.3, -0.25) is 5.41 Å². The second kappa shape index (κ2) is 4.96. The summed E-state index contributed by atoms with van der Waals surface area (Å²) in [4.78, 5) is 2.00. The van der Waals surface area contributed by atoms with Gasteiger partial charge in [0.1, 0.15) is 0 Å². The predicted octanol–water partition coefficient (Wildman–Crippen LogP) is 3.06. The van der Waals surface area contributed by atoms with Crippen LogP contribution in [0.25, 0.3) is 0 Å². The van der Waals surface area contributed by atoms with Gasteiger partial charge in [0.25, 0.3) is 0 Å². The van der Waals surface area contributed by atoms with Gasteiger partial charge >= 0.3 is 0 Å². The maximum absolute atomic E-state index is 7.88. The highest BCUT2D eigenvalue weighted by Crippen LogP contribution is 2.09. The van der Waals surface area contributed by atoms with Crippen LogP contribution in [0.4, 0.5) is 0 Å². The largest absolute Gasteiger partial charge is 0.359 e. The Labute approximate surface area is 92.4 Å². The van der Waals surface area contributed by atoms with Gasteiger partial charge in [0.05, 0.1) is 5.84 Å². The van der Waals surface area contributed by atoms with E-state index in [-0.39, 0.29) is 0 Å². The van der Waals surface area contributed by atoms with Crippen molar-refractivity contribution < 1.29 is 0 Å². The van der Waals surface area contributed by atoms with Crippen LogP contribution < -0.4 is 0 Å². The van der Waals surface area contributed by atoms with Crippen LogP contribution in [-0.2, 0) is 6.54 Å². The Balaban J connectivity index is 2.66. The quantitative estimate of drug-likeness (QED) is 0.594. The van der Waals surface area contributed by atoms with Gasteiger partial charge in [0, 0.05) is 19.5 Å². The van der Waals surface area contributed by atoms with Crippen molar-refractivity contribution in [3.05, 3.63) is 35.4 Å². The lowest BCUT2D eigenvalue weighted by molar-refractivity contribution is 0.468. The molecule has 0 aromatic heterocycles. The third kappa shape index (κ3) is 3.39. The fourth-order valence-corrected chi connectivity index (χ4v) is 1.61. The molecule has 0 radical (unpaired) electrons. The number of hydrogen-bond donors (Lipinski definition) is 1. The van der Waals surface area contributed by atoms with Crippen LogP contribution in [0.3, 0.4) is 0 Å². The second-order valence-electron chi connectivity index (χ2n) is 4.39. The zero-order chi connectivity index (χ0) is 11.4. The Morgan fingerprint density at radius 3 is 2.60 bits per heavy atom. The van der Waals surface area contributed by atoms with E-state index in [9.17, 15) is 0 Å². The Morgan fingerprint density at radius 1 is 1.40 bits per heavy atom. The molecule has 1 rings (SSSR count). The third-order valence-corrected chi connectivity index (χ3v) is 2.46. The maximum atomic E-state index is 7.88. The summed E-state index contributed by atoms with van der Waals surface area (Å²) in [7, 11) is 1.98. The van der Waals surface area contributed by atoms with Crippen LogP contribution in [0.15, 0.2) is 24.3 Å². The van der Waals surface area contributed by atoms with Crippen molar-refractivity contribution in [2.75, 3.05) is 7.05 Å². The summed E-state index contributed by atoms with van der Waals surface area (Å²) in [5.41, 5.74) is 2.54.